The number of aliphatic hydroxyl groups excluding tert-OH is 1. The van der Waals surface area contributed by atoms with Crippen molar-refractivity contribution in [2.24, 2.45) is 0 Å². The Morgan fingerprint density at radius 3 is 2.69 bits per heavy atom. The van der Waals surface area contributed by atoms with Crippen LogP contribution in [0.25, 0.3) is 0 Å². The van der Waals surface area contributed by atoms with Gasteiger partial charge in [-0.25, -0.2) is 4.98 Å². The molecule has 4 rings (SSSR count). The Bertz CT molecular complexity index is 1130. The van der Waals surface area contributed by atoms with Gasteiger partial charge in [-0.3, -0.25) is 9.59 Å². The number of ketones is 1. The third kappa shape index (κ3) is 3.73. The molecule has 0 radical (unpaired) electrons. The lowest BCUT2D eigenvalue weighted by Crippen LogP contribution is -2.32. The Morgan fingerprint density at radius 2 is 2.03 bits per heavy atom. The van der Waals surface area contributed by atoms with Gasteiger partial charge in [-0.1, -0.05) is 12.1 Å². The van der Waals surface area contributed by atoms with E-state index in [0.29, 0.717) is 36.6 Å². The molecule has 0 bridgehead atoms. The molecule has 0 aliphatic carbocycles. The van der Waals surface area contributed by atoms with E-state index in [4.69, 9.17) is 13.9 Å². The van der Waals surface area contributed by atoms with E-state index >= 15 is 0 Å². The minimum atomic E-state index is -0.868. The van der Waals surface area contributed by atoms with Gasteiger partial charge in [0.25, 0.3) is 5.91 Å². The first-order valence-corrected chi connectivity index (χ1v) is 10.1. The molecular formula is C23H23N3O6. The van der Waals surface area contributed by atoms with Crippen LogP contribution < -0.4 is 9.47 Å². The minimum absolute atomic E-state index is 0.0338. The van der Waals surface area contributed by atoms with E-state index in [0.717, 1.165) is 0 Å². The number of ether oxygens (including phenoxy) is 2. The number of carbonyl (C=O) groups excluding carboxylic acids is 2. The van der Waals surface area contributed by atoms with Crippen molar-refractivity contribution in [2.45, 2.75) is 19.0 Å². The SMILES string of the molecule is COc1cccc([C@H]2C(C(=O)c3ccco3)=C(O)C(=O)N2CCCn2ccnc2)c1OC. The third-order valence-corrected chi connectivity index (χ3v) is 5.40. The van der Waals surface area contributed by atoms with Crippen LogP contribution in [0.15, 0.2) is 71.1 Å². The van der Waals surface area contributed by atoms with Crippen LogP contribution in [-0.4, -0.2) is 52.0 Å². The van der Waals surface area contributed by atoms with E-state index in [2.05, 4.69) is 4.98 Å². The quantitative estimate of drug-likeness (QED) is 0.513. The highest BCUT2D eigenvalue weighted by atomic mass is 16.5. The third-order valence-electron chi connectivity index (χ3n) is 5.40. The number of hydrogen-bond acceptors (Lipinski definition) is 7. The van der Waals surface area contributed by atoms with E-state index in [9.17, 15) is 14.7 Å². The molecule has 0 saturated carbocycles. The summed E-state index contributed by atoms with van der Waals surface area (Å²) in [7, 11) is 2.99. The number of aromatic nitrogens is 2. The number of methoxy groups -OCH3 is 2. The average Bonchev–Trinajstić information content (AvgIpc) is 3.57. The highest BCUT2D eigenvalue weighted by Gasteiger charge is 2.45. The fourth-order valence-electron chi connectivity index (χ4n) is 3.95. The van der Waals surface area contributed by atoms with E-state index in [-0.39, 0.29) is 11.3 Å². The minimum Gasteiger partial charge on any atom is -0.503 e. The second-order valence-corrected chi connectivity index (χ2v) is 7.21. The molecule has 9 heteroatoms. The molecule has 32 heavy (non-hydrogen) atoms. The molecule has 0 unspecified atom stereocenters. The standard InChI is InChI=1S/C23H23N3O6/c1-30-17-7-3-6-15(22(17)31-2)19-18(20(27)16-8-4-13-32-16)21(28)23(29)26(19)11-5-10-25-12-9-24-14-25/h3-4,6-9,12-14,19,28H,5,10-11H2,1-2H3/t19-/m0/s1. The average molecular weight is 437 g/mol. The van der Waals surface area contributed by atoms with Crippen LogP contribution in [0, 0.1) is 0 Å². The summed E-state index contributed by atoms with van der Waals surface area (Å²) >= 11 is 0. The predicted octanol–water partition coefficient (Wildman–Crippen LogP) is 3.16. The summed E-state index contributed by atoms with van der Waals surface area (Å²) < 4.78 is 18.1. The van der Waals surface area contributed by atoms with E-state index in [1.54, 1.807) is 36.8 Å². The summed E-state index contributed by atoms with van der Waals surface area (Å²) in [5, 5.41) is 10.7. The number of rotatable bonds is 9. The van der Waals surface area contributed by atoms with Crippen molar-refractivity contribution < 1.29 is 28.6 Å². The van der Waals surface area contributed by atoms with E-state index in [1.165, 1.54) is 31.4 Å². The number of nitrogens with zero attached hydrogens (tertiary/aromatic N) is 3. The fourth-order valence-corrected chi connectivity index (χ4v) is 3.95. The van der Waals surface area contributed by atoms with Crippen molar-refractivity contribution in [2.75, 3.05) is 20.8 Å². The number of furan rings is 1. The largest absolute Gasteiger partial charge is 0.503 e. The molecule has 1 aromatic carbocycles. The molecule has 1 aliphatic heterocycles. The van der Waals surface area contributed by atoms with Gasteiger partial charge in [-0.05, 0) is 24.6 Å². The van der Waals surface area contributed by atoms with Crippen molar-refractivity contribution in [1.29, 1.82) is 0 Å². The maximum absolute atomic E-state index is 13.2. The Balaban J connectivity index is 1.75. The van der Waals surface area contributed by atoms with Gasteiger partial charge in [0.15, 0.2) is 23.0 Å². The second-order valence-electron chi connectivity index (χ2n) is 7.21. The van der Waals surface area contributed by atoms with Crippen molar-refractivity contribution in [3.8, 4) is 11.5 Å². The van der Waals surface area contributed by atoms with Gasteiger partial charge in [-0.2, -0.15) is 0 Å². The maximum Gasteiger partial charge on any atom is 0.290 e. The Morgan fingerprint density at radius 1 is 1.19 bits per heavy atom. The first kappa shape index (κ1) is 21.2. The normalized spacial score (nSPS) is 16.0. The van der Waals surface area contributed by atoms with Crippen molar-refractivity contribution in [3.05, 3.63) is 78.0 Å². The summed E-state index contributed by atoms with van der Waals surface area (Å²) in [5.74, 6) is -0.914. The summed E-state index contributed by atoms with van der Waals surface area (Å²) in [4.78, 5) is 31.8. The van der Waals surface area contributed by atoms with Gasteiger partial charge in [-0.15, -0.1) is 0 Å². The first-order valence-electron chi connectivity index (χ1n) is 10.1. The lowest BCUT2D eigenvalue weighted by Gasteiger charge is -2.28. The topological polar surface area (TPSA) is 107 Å². The van der Waals surface area contributed by atoms with Gasteiger partial charge >= 0.3 is 0 Å². The Labute approximate surface area is 184 Å². The van der Waals surface area contributed by atoms with Crippen molar-refractivity contribution in [1.82, 2.24) is 14.5 Å². The zero-order chi connectivity index (χ0) is 22.7. The monoisotopic (exact) mass is 437 g/mol. The number of carbonyl (C=O) groups is 2. The molecule has 9 nitrogen and oxygen atoms in total. The van der Waals surface area contributed by atoms with Crippen LogP contribution in [0.2, 0.25) is 0 Å². The van der Waals surface area contributed by atoms with Gasteiger partial charge in [0.1, 0.15) is 0 Å². The van der Waals surface area contributed by atoms with Crippen LogP contribution in [0.4, 0.5) is 0 Å². The van der Waals surface area contributed by atoms with Crippen LogP contribution >= 0.6 is 0 Å². The van der Waals surface area contributed by atoms with Crippen molar-refractivity contribution >= 4 is 11.7 Å². The molecule has 166 valence electrons. The lowest BCUT2D eigenvalue weighted by atomic mass is 9.94. The zero-order valence-electron chi connectivity index (χ0n) is 17.7. The Hall–Kier alpha value is -4.01. The highest BCUT2D eigenvalue weighted by molar-refractivity contribution is 6.15. The highest BCUT2D eigenvalue weighted by Crippen LogP contribution is 2.45. The Kier molecular flexibility index (Phi) is 5.98. The number of aliphatic hydroxyl groups is 1. The van der Waals surface area contributed by atoms with Gasteiger partial charge in [0, 0.05) is 31.0 Å². The smallest absolute Gasteiger partial charge is 0.290 e. The van der Waals surface area contributed by atoms with E-state index in [1.807, 2.05) is 10.8 Å². The molecule has 1 N–H and O–H groups in total. The number of imidazole rings is 1. The molecular weight excluding hydrogens is 414 g/mol. The van der Waals surface area contributed by atoms with Crippen LogP contribution in [0.1, 0.15) is 28.6 Å². The molecule has 1 aliphatic rings. The molecule has 0 spiro atoms. The van der Waals surface area contributed by atoms with Crippen molar-refractivity contribution in [3.63, 3.8) is 0 Å². The summed E-state index contributed by atoms with van der Waals surface area (Å²) in [6, 6.07) is 7.42. The fraction of sp³-hybridized carbons (Fsp3) is 0.261. The zero-order valence-corrected chi connectivity index (χ0v) is 17.7. The molecule has 0 saturated heterocycles. The number of hydrogen-bond donors (Lipinski definition) is 1. The second kappa shape index (κ2) is 9.01. The number of amides is 1. The number of para-hydroxylation sites is 1. The van der Waals surface area contributed by atoms with Crippen LogP contribution in [-0.2, 0) is 11.3 Å². The van der Waals surface area contributed by atoms with Gasteiger partial charge in [0.05, 0.1) is 38.4 Å². The predicted molar refractivity (Wildman–Crippen MR) is 114 cm³/mol. The summed E-state index contributed by atoms with van der Waals surface area (Å²) in [5.41, 5.74) is 0.473. The van der Waals surface area contributed by atoms with E-state index < -0.39 is 23.5 Å². The first-order chi connectivity index (χ1) is 15.6. The van der Waals surface area contributed by atoms with Crippen LogP contribution in [0.5, 0.6) is 11.5 Å². The molecule has 1 amide bonds. The summed E-state index contributed by atoms with van der Waals surface area (Å²) in [6.07, 6.45) is 7.15. The summed E-state index contributed by atoms with van der Waals surface area (Å²) in [6.45, 7) is 0.912. The molecule has 3 aromatic rings. The molecule has 0 fully saturated rings. The number of benzene rings is 1. The number of Topliss-reactive ketones (excluding diaryl/α,β-unsaturated/α-hetero) is 1. The maximum atomic E-state index is 13.2. The molecule has 3 heterocycles. The molecule has 1 atom stereocenters. The van der Waals surface area contributed by atoms with Crippen LogP contribution in [0.3, 0.4) is 0 Å². The van der Waals surface area contributed by atoms with Gasteiger partial charge in [0.2, 0.25) is 5.78 Å². The molecule has 2 aromatic heterocycles. The van der Waals surface area contributed by atoms with Gasteiger partial charge < -0.3 is 28.5 Å². The number of aryl methyl sites for hydroxylation is 1. The lowest BCUT2D eigenvalue weighted by molar-refractivity contribution is -0.129.